The fourth-order valence-corrected chi connectivity index (χ4v) is 2.37. The first-order valence-corrected chi connectivity index (χ1v) is 7.38. The quantitative estimate of drug-likeness (QED) is 0.870. The Labute approximate surface area is 124 Å². The van der Waals surface area contributed by atoms with Crippen LogP contribution in [0.5, 0.6) is 0 Å². The molecular weight excluding hydrogens is 270 g/mol. The van der Waals surface area contributed by atoms with Gasteiger partial charge in [0.15, 0.2) is 0 Å². The Kier molecular flexibility index (Phi) is 4.34. The number of carboxylic acid groups (broad SMARTS) is 1. The zero-order valence-corrected chi connectivity index (χ0v) is 13.0. The fourth-order valence-electron chi connectivity index (χ4n) is 2.37. The molecule has 0 aromatic carbocycles. The van der Waals surface area contributed by atoms with E-state index in [1.54, 1.807) is 6.20 Å². The van der Waals surface area contributed by atoms with E-state index in [9.17, 15) is 9.59 Å². The summed E-state index contributed by atoms with van der Waals surface area (Å²) in [6.07, 6.45) is 3.73. The highest BCUT2D eigenvalue weighted by Crippen LogP contribution is 2.42. The van der Waals surface area contributed by atoms with Crippen molar-refractivity contribution in [1.29, 1.82) is 0 Å². The van der Waals surface area contributed by atoms with Crippen LogP contribution < -0.4 is 0 Å². The first-order chi connectivity index (χ1) is 9.82. The standard InChI is InChI=1S/C15H23N3O3/c1-9(2)8-18-13(11-5-6-11)12(7-16-18)14(19)17(4)10(3)15(20)21/h7,9-11H,5-6,8H2,1-4H3,(H,20,21). The van der Waals surface area contributed by atoms with Gasteiger partial charge in [-0.25, -0.2) is 4.79 Å². The molecule has 21 heavy (non-hydrogen) atoms. The molecule has 1 aromatic rings. The van der Waals surface area contributed by atoms with Crippen LogP contribution in [0.2, 0.25) is 0 Å². The van der Waals surface area contributed by atoms with Gasteiger partial charge in [-0.2, -0.15) is 5.10 Å². The molecule has 2 rings (SSSR count). The summed E-state index contributed by atoms with van der Waals surface area (Å²) in [4.78, 5) is 24.9. The lowest BCUT2D eigenvalue weighted by Gasteiger charge is -2.21. The van der Waals surface area contributed by atoms with Crippen LogP contribution in [0.25, 0.3) is 0 Å². The molecule has 1 aromatic heterocycles. The molecule has 0 saturated heterocycles. The summed E-state index contributed by atoms with van der Waals surface area (Å²) in [5.74, 6) is -0.435. The van der Waals surface area contributed by atoms with Crippen LogP contribution in [-0.2, 0) is 11.3 Å². The maximum absolute atomic E-state index is 12.6. The third-order valence-corrected chi connectivity index (χ3v) is 3.87. The molecule has 1 amide bonds. The molecule has 1 atom stereocenters. The van der Waals surface area contributed by atoms with Crippen molar-refractivity contribution in [2.75, 3.05) is 7.05 Å². The van der Waals surface area contributed by atoms with Gasteiger partial charge in [-0.3, -0.25) is 9.48 Å². The molecule has 0 radical (unpaired) electrons. The summed E-state index contributed by atoms with van der Waals surface area (Å²) in [6.45, 7) is 6.50. The van der Waals surface area contributed by atoms with E-state index in [1.165, 1.54) is 18.9 Å². The predicted molar refractivity (Wildman–Crippen MR) is 78.2 cm³/mol. The number of carbonyl (C=O) groups is 2. The minimum atomic E-state index is -1.01. The molecule has 1 aliphatic carbocycles. The molecule has 6 nitrogen and oxygen atoms in total. The minimum Gasteiger partial charge on any atom is -0.480 e. The predicted octanol–water partition coefficient (Wildman–Crippen LogP) is 1.96. The van der Waals surface area contributed by atoms with Crippen molar-refractivity contribution in [3.8, 4) is 0 Å². The van der Waals surface area contributed by atoms with Gasteiger partial charge in [0.05, 0.1) is 17.5 Å². The summed E-state index contributed by atoms with van der Waals surface area (Å²) in [5, 5.41) is 13.4. The zero-order valence-electron chi connectivity index (χ0n) is 13.0. The number of likely N-dealkylation sites (N-methyl/N-ethyl adjacent to an activating group) is 1. The Morgan fingerprint density at radius 2 is 2.05 bits per heavy atom. The van der Waals surface area contributed by atoms with Crippen LogP contribution in [0.1, 0.15) is 55.6 Å². The third-order valence-electron chi connectivity index (χ3n) is 3.87. The number of rotatable bonds is 6. The number of carboxylic acids is 1. The van der Waals surface area contributed by atoms with Gasteiger partial charge in [-0.1, -0.05) is 13.8 Å². The number of hydrogen-bond donors (Lipinski definition) is 1. The van der Waals surface area contributed by atoms with Crippen molar-refractivity contribution in [2.24, 2.45) is 5.92 Å². The Bertz CT molecular complexity index is 546. The number of amides is 1. The number of aromatic nitrogens is 2. The van der Waals surface area contributed by atoms with Crippen LogP contribution in [0, 0.1) is 5.92 Å². The molecule has 1 aliphatic rings. The summed E-state index contributed by atoms with van der Waals surface area (Å²) in [7, 11) is 1.53. The third kappa shape index (κ3) is 3.25. The molecule has 0 spiro atoms. The largest absolute Gasteiger partial charge is 0.480 e. The second-order valence-electron chi connectivity index (χ2n) is 6.22. The highest BCUT2D eigenvalue weighted by molar-refractivity contribution is 5.97. The van der Waals surface area contributed by atoms with Gasteiger partial charge in [0.2, 0.25) is 0 Å². The van der Waals surface area contributed by atoms with Gasteiger partial charge in [0.1, 0.15) is 6.04 Å². The van der Waals surface area contributed by atoms with Crippen molar-refractivity contribution in [1.82, 2.24) is 14.7 Å². The van der Waals surface area contributed by atoms with Crippen molar-refractivity contribution < 1.29 is 14.7 Å². The average molecular weight is 293 g/mol. The second kappa shape index (κ2) is 5.87. The van der Waals surface area contributed by atoms with E-state index in [-0.39, 0.29) is 5.91 Å². The second-order valence-corrected chi connectivity index (χ2v) is 6.22. The van der Waals surface area contributed by atoms with Crippen LogP contribution >= 0.6 is 0 Å². The van der Waals surface area contributed by atoms with Gasteiger partial charge >= 0.3 is 5.97 Å². The molecule has 1 fully saturated rings. The lowest BCUT2D eigenvalue weighted by atomic mass is 10.1. The topological polar surface area (TPSA) is 75.4 Å². The highest BCUT2D eigenvalue weighted by atomic mass is 16.4. The van der Waals surface area contributed by atoms with Gasteiger partial charge in [0, 0.05) is 19.5 Å². The van der Waals surface area contributed by atoms with Gasteiger partial charge in [-0.05, 0) is 25.7 Å². The normalized spacial score (nSPS) is 16.0. The van der Waals surface area contributed by atoms with E-state index < -0.39 is 12.0 Å². The molecule has 116 valence electrons. The number of carbonyl (C=O) groups excluding carboxylic acids is 1. The minimum absolute atomic E-state index is 0.262. The van der Waals surface area contributed by atoms with Crippen molar-refractivity contribution in [3.05, 3.63) is 17.5 Å². The Morgan fingerprint density at radius 3 is 2.52 bits per heavy atom. The van der Waals surface area contributed by atoms with Crippen molar-refractivity contribution >= 4 is 11.9 Å². The summed E-state index contributed by atoms with van der Waals surface area (Å²) >= 11 is 0. The maximum Gasteiger partial charge on any atom is 0.326 e. The van der Waals surface area contributed by atoms with Gasteiger partial charge in [0.25, 0.3) is 5.91 Å². The molecule has 1 heterocycles. The summed E-state index contributed by atoms with van der Waals surface area (Å²) in [6, 6.07) is -0.849. The molecular formula is C15H23N3O3. The summed E-state index contributed by atoms with van der Waals surface area (Å²) in [5.41, 5.74) is 1.52. The van der Waals surface area contributed by atoms with Crippen LogP contribution in [0.3, 0.4) is 0 Å². The smallest absolute Gasteiger partial charge is 0.326 e. The average Bonchev–Trinajstić information content (AvgIpc) is 3.17. The van der Waals surface area contributed by atoms with Crippen molar-refractivity contribution in [2.45, 2.75) is 52.1 Å². The Hall–Kier alpha value is -1.85. The number of aliphatic carboxylic acids is 1. The lowest BCUT2D eigenvalue weighted by molar-refractivity contribution is -0.141. The molecule has 1 saturated carbocycles. The Morgan fingerprint density at radius 1 is 1.43 bits per heavy atom. The zero-order chi connectivity index (χ0) is 15.7. The molecule has 6 heteroatoms. The van der Waals surface area contributed by atoms with Gasteiger partial charge in [-0.15, -0.1) is 0 Å². The molecule has 1 unspecified atom stereocenters. The first-order valence-electron chi connectivity index (χ1n) is 7.38. The van der Waals surface area contributed by atoms with Crippen LogP contribution in [-0.4, -0.2) is 44.8 Å². The van der Waals surface area contributed by atoms with E-state index in [0.29, 0.717) is 17.4 Å². The molecule has 0 aliphatic heterocycles. The van der Waals surface area contributed by atoms with E-state index in [4.69, 9.17) is 5.11 Å². The maximum atomic E-state index is 12.6. The van der Waals surface area contributed by atoms with Crippen LogP contribution in [0.4, 0.5) is 0 Å². The number of nitrogens with zero attached hydrogens (tertiary/aromatic N) is 3. The molecule has 0 bridgehead atoms. The van der Waals surface area contributed by atoms with Crippen molar-refractivity contribution in [3.63, 3.8) is 0 Å². The first kappa shape index (κ1) is 15.5. The summed E-state index contributed by atoms with van der Waals surface area (Å²) < 4.78 is 1.91. The van der Waals surface area contributed by atoms with E-state index in [2.05, 4.69) is 18.9 Å². The van der Waals surface area contributed by atoms with Gasteiger partial charge < -0.3 is 10.0 Å². The Balaban J connectivity index is 2.29. The monoisotopic (exact) mass is 293 g/mol. The fraction of sp³-hybridized carbons (Fsp3) is 0.667. The van der Waals surface area contributed by atoms with E-state index in [1.807, 2.05) is 4.68 Å². The van der Waals surface area contributed by atoms with Crippen LogP contribution in [0.15, 0.2) is 6.20 Å². The number of hydrogen-bond acceptors (Lipinski definition) is 3. The SMILES string of the molecule is CC(C)Cn1ncc(C(=O)N(C)C(C)C(=O)O)c1C1CC1. The van der Waals surface area contributed by atoms with E-state index in [0.717, 1.165) is 25.1 Å². The lowest BCUT2D eigenvalue weighted by Crippen LogP contribution is -2.40. The molecule has 1 N–H and O–H groups in total. The van der Waals surface area contributed by atoms with E-state index >= 15 is 0 Å². The highest BCUT2D eigenvalue weighted by Gasteiger charge is 2.34.